The summed E-state index contributed by atoms with van der Waals surface area (Å²) in [5, 5.41) is 1.69. The zero-order valence-corrected chi connectivity index (χ0v) is 17.4. The van der Waals surface area contributed by atoms with Crippen LogP contribution in [-0.2, 0) is 5.54 Å². The summed E-state index contributed by atoms with van der Waals surface area (Å²) in [6, 6.07) is 9.11. The third-order valence-corrected chi connectivity index (χ3v) is 7.83. The summed E-state index contributed by atoms with van der Waals surface area (Å²) in [6.45, 7) is 3.02. The van der Waals surface area contributed by atoms with Crippen molar-refractivity contribution in [1.82, 2.24) is 0 Å². The topological polar surface area (TPSA) is 38.4 Å². The SMILES string of the molecule is CC#Cc1cccc(-c2csc(C3(C)N=C(N)SC4(CC(F)(F)C4)C3(F)F)c2)c1. The monoisotopic (exact) mass is 438 g/mol. The van der Waals surface area contributed by atoms with E-state index >= 15 is 8.78 Å². The smallest absolute Gasteiger partial charge is 0.292 e. The quantitative estimate of drug-likeness (QED) is 0.471. The first-order valence-corrected chi connectivity index (χ1v) is 10.6. The molecule has 0 radical (unpaired) electrons. The summed E-state index contributed by atoms with van der Waals surface area (Å²) in [5.74, 6) is -0.783. The molecule has 0 bridgehead atoms. The summed E-state index contributed by atoms with van der Waals surface area (Å²) < 4.78 is 56.4. The molecule has 1 spiro atoms. The first kappa shape index (κ1) is 20.3. The number of thioether (sulfide) groups is 1. The summed E-state index contributed by atoms with van der Waals surface area (Å²) in [6.07, 6.45) is -1.81. The number of amidine groups is 1. The molecule has 1 aromatic heterocycles. The third-order valence-electron chi connectivity index (χ3n) is 5.45. The zero-order chi connectivity index (χ0) is 21.1. The van der Waals surface area contributed by atoms with Crippen LogP contribution in [0.25, 0.3) is 11.1 Å². The maximum absolute atomic E-state index is 15.6. The number of hydrogen-bond donors (Lipinski definition) is 1. The van der Waals surface area contributed by atoms with E-state index in [0.29, 0.717) is 16.6 Å². The fourth-order valence-corrected chi connectivity index (χ4v) is 6.55. The van der Waals surface area contributed by atoms with Crippen LogP contribution < -0.4 is 5.73 Å². The van der Waals surface area contributed by atoms with Crippen LogP contribution in [0.3, 0.4) is 0 Å². The minimum atomic E-state index is -3.48. The molecule has 1 saturated carbocycles. The summed E-state index contributed by atoms with van der Waals surface area (Å²) in [7, 11) is 0. The first-order valence-electron chi connectivity index (χ1n) is 8.94. The van der Waals surface area contributed by atoms with Gasteiger partial charge in [0.15, 0.2) is 10.7 Å². The maximum Gasteiger partial charge on any atom is 0.292 e. The van der Waals surface area contributed by atoms with Gasteiger partial charge in [-0.25, -0.2) is 22.6 Å². The minimum Gasteiger partial charge on any atom is -0.378 e. The van der Waals surface area contributed by atoms with Crippen molar-refractivity contribution in [2.75, 3.05) is 0 Å². The highest BCUT2D eigenvalue weighted by molar-refractivity contribution is 8.15. The number of nitrogens with two attached hydrogens (primary N) is 1. The Labute approximate surface area is 174 Å². The van der Waals surface area contributed by atoms with Crippen molar-refractivity contribution < 1.29 is 17.6 Å². The highest BCUT2D eigenvalue weighted by atomic mass is 32.2. The lowest BCUT2D eigenvalue weighted by molar-refractivity contribution is -0.199. The van der Waals surface area contributed by atoms with Gasteiger partial charge in [-0.3, -0.25) is 0 Å². The first-order chi connectivity index (χ1) is 13.5. The fraction of sp³-hybridized carbons (Fsp3) is 0.381. The number of benzene rings is 1. The summed E-state index contributed by atoms with van der Waals surface area (Å²) in [4.78, 5) is 4.36. The van der Waals surface area contributed by atoms with E-state index in [-0.39, 0.29) is 5.17 Å². The van der Waals surface area contributed by atoms with Crippen LogP contribution >= 0.6 is 23.1 Å². The van der Waals surface area contributed by atoms with Crippen molar-refractivity contribution in [3.63, 3.8) is 0 Å². The molecular weight excluding hydrogens is 420 g/mol. The predicted octanol–water partition coefficient (Wildman–Crippen LogP) is 5.87. The Hall–Kier alpha value is -1.98. The third kappa shape index (κ3) is 3.06. The second-order valence-electron chi connectivity index (χ2n) is 7.56. The van der Waals surface area contributed by atoms with E-state index in [1.165, 1.54) is 6.92 Å². The van der Waals surface area contributed by atoms with E-state index < -0.39 is 35.0 Å². The molecule has 2 heterocycles. The molecule has 1 aromatic carbocycles. The molecule has 2 aromatic rings. The van der Waals surface area contributed by atoms with Crippen molar-refractivity contribution in [2.24, 2.45) is 10.7 Å². The second kappa shape index (κ2) is 6.51. The van der Waals surface area contributed by atoms with Crippen LogP contribution in [0.1, 0.15) is 37.1 Å². The molecule has 1 atom stereocenters. The van der Waals surface area contributed by atoms with Gasteiger partial charge in [0.2, 0.25) is 0 Å². The lowest BCUT2D eigenvalue weighted by atomic mass is 9.69. The van der Waals surface area contributed by atoms with E-state index in [1.54, 1.807) is 18.4 Å². The van der Waals surface area contributed by atoms with Crippen LogP contribution in [0.2, 0.25) is 0 Å². The van der Waals surface area contributed by atoms with Gasteiger partial charge in [-0.2, -0.15) is 0 Å². The van der Waals surface area contributed by atoms with E-state index in [4.69, 9.17) is 5.73 Å². The van der Waals surface area contributed by atoms with Crippen molar-refractivity contribution in [1.29, 1.82) is 0 Å². The Bertz CT molecular complexity index is 1060. The van der Waals surface area contributed by atoms with Gasteiger partial charge in [0.1, 0.15) is 4.75 Å². The Morgan fingerprint density at radius 2 is 1.83 bits per heavy atom. The van der Waals surface area contributed by atoms with Crippen LogP contribution in [0.4, 0.5) is 17.6 Å². The molecule has 0 amide bonds. The molecule has 0 saturated heterocycles. The summed E-state index contributed by atoms with van der Waals surface area (Å²) >= 11 is 1.71. The number of aliphatic imine (C=N–C) groups is 1. The normalized spacial score (nSPS) is 26.2. The van der Waals surface area contributed by atoms with Gasteiger partial charge in [-0.15, -0.1) is 17.3 Å². The zero-order valence-electron chi connectivity index (χ0n) is 15.7. The van der Waals surface area contributed by atoms with Crippen LogP contribution in [0, 0.1) is 11.8 Å². The van der Waals surface area contributed by atoms with E-state index in [9.17, 15) is 8.78 Å². The van der Waals surface area contributed by atoms with Crippen molar-refractivity contribution in [3.8, 4) is 23.0 Å². The number of rotatable bonds is 2. The molecule has 1 fully saturated rings. The molecule has 1 unspecified atom stereocenters. The molecule has 2 nitrogen and oxygen atoms in total. The Morgan fingerprint density at radius 3 is 2.48 bits per heavy atom. The largest absolute Gasteiger partial charge is 0.378 e. The number of nitrogens with zero attached hydrogens (tertiary/aromatic N) is 1. The molecule has 2 aliphatic rings. The van der Waals surface area contributed by atoms with Crippen molar-refractivity contribution >= 4 is 28.3 Å². The lowest BCUT2D eigenvalue weighted by Gasteiger charge is -2.56. The number of thiophene rings is 1. The maximum atomic E-state index is 15.6. The lowest BCUT2D eigenvalue weighted by Crippen LogP contribution is -2.68. The predicted molar refractivity (Wildman–Crippen MR) is 111 cm³/mol. The van der Waals surface area contributed by atoms with Gasteiger partial charge in [0.05, 0.1) is 0 Å². The number of hydrogen-bond acceptors (Lipinski definition) is 4. The molecule has 29 heavy (non-hydrogen) atoms. The minimum absolute atomic E-state index is 0.0795. The standard InChI is InChI=1S/C21H18F4N2S2/c1-3-5-13-6-4-7-14(8-13)15-9-16(28-10-15)18(2)21(24,25)19(29-17(26)27-18)11-20(22,23)12-19/h4,6-10H,11-12H2,1-2H3,(H2,26,27). The molecule has 8 heteroatoms. The molecule has 4 rings (SSSR count). The van der Waals surface area contributed by atoms with Crippen LogP contribution in [-0.4, -0.2) is 21.8 Å². The molecular formula is C21H18F4N2S2. The van der Waals surface area contributed by atoms with Gasteiger partial charge >= 0.3 is 0 Å². The second-order valence-corrected chi connectivity index (χ2v) is 9.87. The van der Waals surface area contributed by atoms with Gasteiger partial charge in [0.25, 0.3) is 11.8 Å². The molecule has 1 aliphatic carbocycles. The highest BCUT2D eigenvalue weighted by Crippen LogP contribution is 2.67. The van der Waals surface area contributed by atoms with Crippen molar-refractivity contribution in [2.45, 2.75) is 48.8 Å². The average Bonchev–Trinajstić information content (AvgIpc) is 3.09. The van der Waals surface area contributed by atoms with Gasteiger partial charge in [-0.1, -0.05) is 29.8 Å². The van der Waals surface area contributed by atoms with Crippen LogP contribution in [0.15, 0.2) is 40.7 Å². The van der Waals surface area contributed by atoms with Crippen molar-refractivity contribution in [3.05, 3.63) is 46.2 Å². The van der Waals surface area contributed by atoms with Gasteiger partial charge in [0, 0.05) is 23.3 Å². The summed E-state index contributed by atoms with van der Waals surface area (Å²) in [5.41, 5.74) is 6.25. The van der Waals surface area contributed by atoms with Crippen LogP contribution in [0.5, 0.6) is 0 Å². The Balaban J connectivity index is 1.75. The number of alkyl halides is 4. The van der Waals surface area contributed by atoms with E-state index in [2.05, 4.69) is 16.8 Å². The molecule has 2 N–H and O–H groups in total. The van der Waals surface area contributed by atoms with Gasteiger partial charge < -0.3 is 5.73 Å². The highest BCUT2D eigenvalue weighted by Gasteiger charge is 2.76. The molecule has 1 aliphatic heterocycles. The molecule has 152 valence electrons. The fourth-order valence-electron chi connectivity index (χ4n) is 3.97. The average molecular weight is 439 g/mol. The number of halogens is 4. The van der Waals surface area contributed by atoms with E-state index in [1.807, 2.05) is 24.3 Å². The van der Waals surface area contributed by atoms with E-state index in [0.717, 1.165) is 28.0 Å². The Kier molecular flexibility index (Phi) is 4.56. The Morgan fingerprint density at radius 1 is 1.10 bits per heavy atom. The van der Waals surface area contributed by atoms with Gasteiger partial charge in [-0.05, 0) is 48.6 Å².